The smallest absolute Gasteiger partial charge is 0.340 e. The molecule has 0 atom stereocenters. The average molecular weight is 286 g/mol. The molecular weight excluding hydrogens is 268 g/mol. The van der Waals surface area contributed by atoms with E-state index >= 15 is 0 Å². The SMILES string of the molecule is COC(=O)c1ccnc(N(C)Cc2cccc(C)n2)c1N. The van der Waals surface area contributed by atoms with Gasteiger partial charge in [-0.15, -0.1) is 0 Å². The first kappa shape index (κ1) is 14.8. The van der Waals surface area contributed by atoms with E-state index < -0.39 is 5.97 Å². The number of aromatic nitrogens is 2. The number of ether oxygens (including phenoxy) is 1. The fraction of sp³-hybridized carbons (Fsp3) is 0.267. The Hall–Kier alpha value is -2.63. The minimum Gasteiger partial charge on any atom is -0.465 e. The topological polar surface area (TPSA) is 81.3 Å². The summed E-state index contributed by atoms with van der Waals surface area (Å²) < 4.78 is 4.71. The third kappa shape index (κ3) is 3.28. The highest BCUT2D eigenvalue weighted by Crippen LogP contribution is 2.24. The Morgan fingerprint density at radius 3 is 2.81 bits per heavy atom. The molecule has 0 amide bonds. The maximum Gasteiger partial charge on any atom is 0.340 e. The van der Waals surface area contributed by atoms with Crippen molar-refractivity contribution in [2.24, 2.45) is 0 Å². The van der Waals surface area contributed by atoms with Crippen LogP contribution in [-0.2, 0) is 11.3 Å². The fourth-order valence-corrected chi connectivity index (χ4v) is 2.06. The van der Waals surface area contributed by atoms with E-state index in [1.54, 1.807) is 6.07 Å². The summed E-state index contributed by atoms with van der Waals surface area (Å²) in [6, 6.07) is 7.37. The summed E-state index contributed by atoms with van der Waals surface area (Å²) in [7, 11) is 3.17. The van der Waals surface area contributed by atoms with Crippen LogP contribution in [-0.4, -0.2) is 30.1 Å². The number of esters is 1. The average Bonchev–Trinajstić information content (AvgIpc) is 2.46. The minimum absolute atomic E-state index is 0.305. The predicted molar refractivity (Wildman–Crippen MR) is 81.1 cm³/mol. The highest BCUT2D eigenvalue weighted by Gasteiger charge is 2.16. The molecule has 2 aromatic heterocycles. The fourth-order valence-electron chi connectivity index (χ4n) is 2.06. The molecule has 110 valence electrons. The summed E-state index contributed by atoms with van der Waals surface area (Å²) in [6.45, 7) is 2.48. The van der Waals surface area contributed by atoms with Gasteiger partial charge in [0.1, 0.15) is 0 Å². The van der Waals surface area contributed by atoms with Crippen molar-refractivity contribution in [3.05, 3.63) is 47.4 Å². The third-order valence-electron chi connectivity index (χ3n) is 3.08. The number of nitrogens with zero attached hydrogens (tertiary/aromatic N) is 3. The van der Waals surface area contributed by atoms with Crippen LogP contribution in [0.2, 0.25) is 0 Å². The normalized spacial score (nSPS) is 10.2. The van der Waals surface area contributed by atoms with Gasteiger partial charge in [-0.1, -0.05) is 6.07 Å². The second-order valence-corrected chi connectivity index (χ2v) is 4.71. The number of methoxy groups -OCH3 is 1. The van der Waals surface area contributed by atoms with Gasteiger partial charge in [-0.25, -0.2) is 9.78 Å². The first-order valence-electron chi connectivity index (χ1n) is 6.49. The summed E-state index contributed by atoms with van der Waals surface area (Å²) in [5, 5.41) is 0. The first-order valence-corrected chi connectivity index (χ1v) is 6.49. The van der Waals surface area contributed by atoms with Gasteiger partial charge in [-0.2, -0.15) is 0 Å². The number of aryl methyl sites for hydroxylation is 1. The highest BCUT2D eigenvalue weighted by molar-refractivity contribution is 5.97. The number of anilines is 2. The Labute approximate surface area is 123 Å². The van der Waals surface area contributed by atoms with Gasteiger partial charge in [0, 0.05) is 18.9 Å². The van der Waals surface area contributed by atoms with Crippen molar-refractivity contribution in [2.45, 2.75) is 13.5 Å². The van der Waals surface area contributed by atoms with E-state index in [1.165, 1.54) is 13.3 Å². The Kier molecular flexibility index (Phi) is 4.37. The first-order chi connectivity index (χ1) is 10.0. The van der Waals surface area contributed by atoms with Crippen molar-refractivity contribution in [3.8, 4) is 0 Å². The van der Waals surface area contributed by atoms with Crippen molar-refractivity contribution in [3.63, 3.8) is 0 Å². The summed E-state index contributed by atoms with van der Waals surface area (Å²) >= 11 is 0. The second-order valence-electron chi connectivity index (χ2n) is 4.71. The second kappa shape index (κ2) is 6.21. The number of hydrogen-bond acceptors (Lipinski definition) is 6. The zero-order chi connectivity index (χ0) is 15.4. The molecule has 0 aromatic carbocycles. The number of carbonyl (C=O) groups excluding carboxylic acids is 1. The lowest BCUT2D eigenvalue weighted by molar-refractivity contribution is 0.0602. The molecule has 21 heavy (non-hydrogen) atoms. The van der Waals surface area contributed by atoms with E-state index in [0.717, 1.165) is 11.4 Å². The number of nitrogen functional groups attached to an aromatic ring is 1. The van der Waals surface area contributed by atoms with Crippen molar-refractivity contribution in [2.75, 3.05) is 24.8 Å². The molecule has 2 aromatic rings. The third-order valence-corrected chi connectivity index (χ3v) is 3.08. The van der Waals surface area contributed by atoms with Crippen molar-refractivity contribution < 1.29 is 9.53 Å². The van der Waals surface area contributed by atoms with Gasteiger partial charge in [0.05, 0.1) is 30.6 Å². The van der Waals surface area contributed by atoms with Crippen LogP contribution in [0, 0.1) is 6.92 Å². The van der Waals surface area contributed by atoms with Gasteiger partial charge < -0.3 is 15.4 Å². The summed E-state index contributed by atoms with van der Waals surface area (Å²) in [4.78, 5) is 22.2. The van der Waals surface area contributed by atoms with Crippen LogP contribution in [0.25, 0.3) is 0 Å². The number of nitrogens with two attached hydrogens (primary N) is 1. The van der Waals surface area contributed by atoms with Crippen LogP contribution in [0.5, 0.6) is 0 Å². The molecule has 2 N–H and O–H groups in total. The van der Waals surface area contributed by atoms with Crippen LogP contribution >= 0.6 is 0 Å². The van der Waals surface area contributed by atoms with E-state index in [9.17, 15) is 4.79 Å². The quantitative estimate of drug-likeness (QED) is 0.863. The summed E-state index contributed by atoms with van der Waals surface area (Å²) in [6.07, 6.45) is 1.54. The molecule has 0 aliphatic carbocycles. The van der Waals surface area contributed by atoms with E-state index in [0.29, 0.717) is 23.6 Å². The number of pyridine rings is 2. The maximum absolute atomic E-state index is 11.7. The molecular formula is C15H18N4O2. The van der Waals surface area contributed by atoms with Crippen LogP contribution in [0.15, 0.2) is 30.5 Å². The minimum atomic E-state index is -0.474. The highest BCUT2D eigenvalue weighted by atomic mass is 16.5. The van der Waals surface area contributed by atoms with E-state index in [1.807, 2.05) is 37.1 Å². The molecule has 0 saturated heterocycles. The van der Waals surface area contributed by atoms with E-state index in [4.69, 9.17) is 10.5 Å². The zero-order valence-electron chi connectivity index (χ0n) is 12.3. The number of hydrogen-bond donors (Lipinski definition) is 1. The van der Waals surface area contributed by atoms with Gasteiger partial charge in [0.15, 0.2) is 5.82 Å². The Morgan fingerprint density at radius 1 is 1.38 bits per heavy atom. The lowest BCUT2D eigenvalue weighted by Gasteiger charge is -2.20. The van der Waals surface area contributed by atoms with Gasteiger partial charge in [-0.05, 0) is 25.1 Å². The van der Waals surface area contributed by atoms with Crippen LogP contribution in [0.4, 0.5) is 11.5 Å². The molecule has 0 bridgehead atoms. The molecule has 0 aliphatic heterocycles. The number of carbonyl (C=O) groups is 1. The van der Waals surface area contributed by atoms with Gasteiger partial charge in [0.2, 0.25) is 0 Å². The lowest BCUT2D eigenvalue weighted by atomic mass is 10.2. The van der Waals surface area contributed by atoms with Crippen molar-refractivity contribution in [1.82, 2.24) is 9.97 Å². The molecule has 6 heteroatoms. The molecule has 2 rings (SSSR count). The van der Waals surface area contributed by atoms with Crippen LogP contribution < -0.4 is 10.6 Å². The number of rotatable bonds is 4. The van der Waals surface area contributed by atoms with Crippen LogP contribution in [0.1, 0.15) is 21.7 Å². The van der Waals surface area contributed by atoms with E-state index in [2.05, 4.69) is 9.97 Å². The monoisotopic (exact) mass is 286 g/mol. The predicted octanol–water partition coefficient (Wildman–Crippen LogP) is 1.79. The summed E-state index contributed by atoms with van der Waals surface area (Å²) in [5.41, 5.74) is 8.49. The van der Waals surface area contributed by atoms with Gasteiger partial charge in [-0.3, -0.25) is 4.98 Å². The molecule has 2 heterocycles. The Morgan fingerprint density at radius 2 is 2.14 bits per heavy atom. The van der Waals surface area contributed by atoms with E-state index in [-0.39, 0.29) is 0 Å². The summed E-state index contributed by atoms with van der Waals surface area (Å²) in [5.74, 6) is 0.0550. The Balaban J connectivity index is 2.27. The molecule has 0 unspecified atom stereocenters. The van der Waals surface area contributed by atoms with Crippen LogP contribution in [0.3, 0.4) is 0 Å². The maximum atomic E-state index is 11.7. The largest absolute Gasteiger partial charge is 0.465 e. The van der Waals surface area contributed by atoms with Gasteiger partial charge >= 0.3 is 5.97 Å². The van der Waals surface area contributed by atoms with Crippen molar-refractivity contribution in [1.29, 1.82) is 0 Å². The molecule has 0 saturated carbocycles. The Bertz CT molecular complexity index is 658. The lowest BCUT2D eigenvalue weighted by Crippen LogP contribution is -2.21. The molecule has 0 aliphatic rings. The molecule has 0 fully saturated rings. The zero-order valence-corrected chi connectivity index (χ0v) is 12.3. The molecule has 0 radical (unpaired) electrons. The molecule has 6 nitrogen and oxygen atoms in total. The molecule has 0 spiro atoms. The van der Waals surface area contributed by atoms with Gasteiger partial charge in [0.25, 0.3) is 0 Å². The standard InChI is InChI=1S/C15H18N4O2/c1-10-5-4-6-11(18-10)9-19(2)14-13(16)12(7-8-17-14)15(20)21-3/h4-8H,9,16H2,1-3H3. The van der Waals surface area contributed by atoms with Crippen molar-refractivity contribution >= 4 is 17.5 Å².